The number of hydrogen-bond donors (Lipinski definition) is 2. The molecule has 0 spiro atoms. The van der Waals surface area contributed by atoms with Gasteiger partial charge in [0.05, 0.1) is 12.3 Å². The molecule has 11 heteroatoms. The molecule has 1 fully saturated rings. The molecule has 2 N–H and O–H groups in total. The van der Waals surface area contributed by atoms with Crippen molar-refractivity contribution in [1.82, 2.24) is 15.6 Å². The van der Waals surface area contributed by atoms with Gasteiger partial charge in [-0.25, -0.2) is 22.4 Å². The van der Waals surface area contributed by atoms with Crippen molar-refractivity contribution in [2.45, 2.75) is 50.7 Å². The molecule has 1 aliphatic rings. The summed E-state index contributed by atoms with van der Waals surface area (Å²) in [5.74, 6) is -3.67. The van der Waals surface area contributed by atoms with Crippen LogP contribution in [0.25, 0.3) is 0 Å². The molecule has 0 aliphatic carbocycles. The zero-order valence-electron chi connectivity index (χ0n) is 23.2. The minimum absolute atomic E-state index is 0.0726. The third kappa shape index (κ3) is 8.83. The van der Waals surface area contributed by atoms with Crippen molar-refractivity contribution in [1.29, 1.82) is 0 Å². The Balaban J connectivity index is 1.43. The number of halogens is 4. The molecule has 3 atom stereocenters. The molecule has 2 aromatic carbocycles. The van der Waals surface area contributed by atoms with E-state index in [1.54, 1.807) is 6.92 Å². The lowest BCUT2D eigenvalue weighted by atomic mass is 9.85. The van der Waals surface area contributed by atoms with Gasteiger partial charge in [0, 0.05) is 50.7 Å². The molecule has 0 unspecified atom stereocenters. The largest absolute Gasteiger partial charge is 0.447 e. The molecule has 7 nitrogen and oxygen atoms in total. The van der Waals surface area contributed by atoms with Gasteiger partial charge >= 0.3 is 6.09 Å². The molecule has 3 aromatic rings. The summed E-state index contributed by atoms with van der Waals surface area (Å²) >= 11 is 0. The number of ketones is 1. The van der Waals surface area contributed by atoms with Gasteiger partial charge in [0.2, 0.25) is 0 Å². The lowest BCUT2D eigenvalue weighted by molar-refractivity contribution is -0.118. The number of benzene rings is 2. The molecule has 224 valence electrons. The molecular formula is C31H33F4N3O4. The van der Waals surface area contributed by atoms with E-state index in [0.29, 0.717) is 42.7 Å². The lowest BCUT2D eigenvalue weighted by Gasteiger charge is -2.30. The van der Waals surface area contributed by atoms with Gasteiger partial charge in [-0.1, -0.05) is 12.1 Å². The number of nitrogens with one attached hydrogen (secondary N) is 2. The van der Waals surface area contributed by atoms with Crippen molar-refractivity contribution in [2.24, 2.45) is 0 Å². The zero-order chi connectivity index (χ0) is 30.1. The Morgan fingerprint density at radius 2 is 1.71 bits per heavy atom. The minimum atomic E-state index is -0.793. The van der Waals surface area contributed by atoms with E-state index in [1.165, 1.54) is 30.5 Å². The smallest absolute Gasteiger partial charge is 0.407 e. The van der Waals surface area contributed by atoms with Gasteiger partial charge in [-0.05, 0) is 66.3 Å². The average molecular weight is 588 g/mol. The second-order valence-corrected chi connectivity index (χ2v) is 10.2. The van der Waals surface area contributed by atoms with Gasteiger partial charge in [-0.2, -0.15) is 0 Å². The van der Waals surface area contributed by atoms with Crippen LogP contribution in [0.5, 0.6) is 0 Å². The van der Waals surface area contributed by atoms with Crippen molar-refractivity contribution < 1.29 is 36.6 Å². The van der Waals surface area contributed by atoms with Crippen LogP contribution in [0.1, 0.15) is 47.9 Å². The Bertz CT molecular complexity index is 1350. The zero-order valence-corrected chi connectivity index (χ0v) is 23.2. The van der Waals surface area contributed by atoms with Crippen LogP contribution in [0.2, 0.25) is 0 Å². The predicted octanol–water partition coefficient (Wildman–Crippen LogP) is 5.01. The number of ether oxygens (including phenoxy) is 2. The van der Waals surface area contributed by atoms with Crippen molar-refractivity contribution in [2.75, 3.05) is 26.2 Å². The van der Waals surface area contributed by atoms with Crippen LogP contribution in [0, 0.1) is 23.3 Å². The van der Waals surface area contributed by atoms with Crippen LogP contribution >= 0.6 is 0 Å². The summed E-state index contributed by atoms with van der Waals surface area (Å²) in [6, 6.07) is 8.40. The van der Waals surface area contributed by atoms with Crippen molar-refractivity contribution >= 4 is 11.9 Å². The fourth-order valence-corrected chi connectivity index (χ4v) is 5.06. The number of aromatic nitrogens is 1. The molecule has 0 radical (unpaired) electrons. The molecule has 42 heavy (non-hydrogen) atoms. The van der Waals surface area contributed by atoms with Crippen molar-refractivity contribution in [3.8, 4) is 0 Å². The Morgan fingerprint density at radius 3 is 2.43 bits per heavy atom. The van der Waals surface area contributed by atoms with Crippen LogP contribution in [0.4, 0.5) is 22.4 Å². The molecule has 1 amide bonds. The fourth-order valence-electron chi connectivity index (χ4n) is 5.06. The maximum Gasteiger partial charge on any atom is 0.407 e. The van der Waals surface area contributed by atoms with Gasteiger partial charge in [0.25, 0.3) is 0 Å². The monoisotopic (exact) mass is 587 g/mol. The first-order chi connectivity index (χ1) is 20.2. The molecule has 2 heterocycles. The SMILES string of the molecule is CCNC(=O)OC[C@@H]1CNC[C@@H](CCc2c(F)cncc2CC(=O)C[C@@H](c2ccc(F)cc2)c2cc(F)cc(F)c2)O1. The van der Waals surface area contributed by atoms with Gasteiger partial charge in [0.15, 0.2) is 0 Å². The van der Waals surface area contributed by atoms with Crippen LogP contribution in [0.15, 0.2) is 54.9 Å². The fraction of sp³-hybridized carbons (Fsp3) is 0.387. The second kappa shape index (κ2) is 14.9. The Kier molecular flexibility index (Phi) is 11.0. The molecule has 1 saturated heterocycles. The normalized spacial score (nSPS) is 17.5. The van der Waals surface area contributed by atoms with E-state index in [-0.39, 0.29) is 49.4 Å². The standard InChI is InChI=1S/C31H33F4N3O4/c1-2-38-31(40)41-18-27-16-37-15-26(42-27)7-8-28-21(14-36-17-30(28)35)11-25(39)13-29(19-3-5-22(32)6-4-19)20-9-23(33)12-24(34)10-20/h3-6,9-10,12,14,17,26-27,29,37H,2,7-8,11,13,15-16,18H2,1H3,(H,38,40)/t26-,27+,29+/m1/s1. The number of pyridine rings is 1. The molecule has 1 aliphatic heterocycles. The van der Waals surface area contributed by atoms with E-state index < -0.39 is 35.3 Å². The summed E-state index contributed by atoms with van der Waals surface area (Å²) < 4.78 is 67.8. The van der Waals surface area contributed by atoms with E-state index in [1.807, 2.05) is 0 Å². The highest BCUT2D eigenvalue weighted by atomic mass is 19.1. The summed E-state index contributed by atoms with van der Waals surface area (Å²) in [6.45, 7) is 3.34. The van der Waals surface area contributed by atoms with Crippen LogP contribution in [-0.2, 0) is 27.1 Å². The van der Waals surface area contributed by atoms with Gasteiger partial charge in [-0.3, -0.25) is 9.78 Å². The van der Waals surface area contributed by atoms with Crippen LogP contribution in [0.3, 0.4) is 0 Å². The van der Waals surface area contributed by atoms with Crippen molar-refractivity contribution in [3.05, 3.63) is 100 Å². The first-order valence-corrected chi connectivity index (χ1v) is 13.8. The lowest BCUT2D eigenvalue weighted by Crippen LogP contribution is -2.47. The van der Waals surface area contributed by atoms with Gasteiger partial charge < -0.3 is 20.1 Å². The molecule has 1 aromatic heterocycles. The number of nitrogens with zero attached hydrogens (tertiary/aromatic N) is 1. The quantitative estimate of drug-likeness (QED) is 0.290. The Labute approximate surface area is 241 Å². The third-order valence-corrected chi connectivity index (χ3v) is 7.04. The molecule has 0 saturated carbocycles. The minimum Gasteiger partial charge on any atom is -0.447 e. The topological polar surface area (TPSA) is 89.5 Å². The highest BCUT2D eigenvalue weighted by Gasteiger charge is 2.25. The summed E-state index contributed by atoms with van der Waals surface area (Å²) in [5, 5.41) is 5.78. The highest BCUT2D eigenvalue weighted by molar-refractivity contribution is 5.82. The van der Waals surface area contributed by atoms with E-state index in [0.717, 1.165) is 24.4 Å². The predicted molar refractivity (Wildman–Crippen MR) is 147 cm³/mol. The first kappa shape index (κ1) is 31.1. The average Bonchev–Trinajstić information content (AvgIpc) is 2.95. The van der Waals surface area contributed by atoms with Gasteiger partial charge in [0.1, 0.15) is 41.8 Å². The first-order valence-electron chi connectivity index (χ1n) is 13.8. The van der Waals surface area contributed by atoms with E-state index in [2.05, 4.69) is 15.6 Å². The van der Waals surface area contributed by atoms with Crippen LogP contribution in [-0.4, -0.2) is 55.3 Å². The Morgan fingerprint density at radius 1 is 1.00 bits per heavy atom. The summed E-state index contributed by atoms with van der Waals surface area (Å²) in [7, 11) is 0. The van der Waals surface area contributed by atoms with Crippen molar-refractivity contribution in [3.63, 3.8) is 0 Å². The number of alkyl carbamates (subject to hydrolysis) is 1. The number of Topliss-reactive ketones (excluding diaryl/α,β-unsaturated/α-hetero) is 1. The number of rotatable bonds is 12. The van der Waals surface area contributed by atoms with E-state index >= 15 is 0 Å². The molecule has 0 bridgehead atoms. The highest BCUT2D eigenvalue weighted by Crippen LogP contribution is 2.31. The number of amides is 1. The molecule has 4 rings (SSSR count). The summed E-state index contributed by atoms with van der Waals surface area (Å²) in [5.41, 5.74) is 1.48. The van der Waals surface area contributed by atoms with Crippen LogP contribution < -0.4 is 10.6 Å². The number of carbonyl (C=O) groups is 2. The van der Waals surface area contributed by atoms with E-state index in [4.69, 9.17) is 9.47 Å². The summed E-state index contributed by atoms with van der Waals surface area (Å²) in [4.78, 5) is 28.8. The van der Waals surface area contributed by atoms with E-state index in [9.17, 15) is 27.2 Å². The number of hydrogen-bond acceptors (Lipinski definition) is 6. The maximum atomic E-state index is 14.9. The number of morpholine rings is 1. The Hall–Kier alpha value is -3.83. The third-order valence-electron chi connectivity index (χ3n) is 7.04. The maximum absolute atomic E-state index is 14.9. The van der Waals surface area contributed by atoms with Gasteiger partial charge in [-0.15, -0.1) is 0 Å². The number of carbonyl (C=O) groups excluding carboxylic acids is 2. The summed E-state index contributed by atoms with van der Waals surface area (Å²) in [6.07, 6.45) is 1.78. The molecular weight excluding hydrogens is 554 g/mol. The second-order valence-electron chi connectivity index (χ2n) is 10.2.